The van der Waals surface area contributed by atoms with Crippen LogP contribution in [0.2, 0.25) is 0 Å². The Balaban J connectivity index is 2.68. The summed E-state index contributed by atoms with van der Waals surface area (Å²) >= 11 is 4.83. The zero-order valence-electron chi connectivity index (χ0n) is 8.53. The van der Waals surface area contributed by atoms with Crippen LogP contribution in [0.4, 0.5) is 0 Å². The van der Waals surface area contributed by atoms with Crippen LogP contribution in [0.25, 0.3) is 0 Å². The maximum Gasteiger partial charge on any atom is 0.304 e. The molecule has 0 aliphatic carbocycles. The summed E-state index contributed by atoms with van der Waals surface area (Å²) in [6.45, 7) is 3.86. The molecule has 15 heavy (non-hydrogen) atoms. The third kappa shape index (κ3) is 4.22. The summed E-state index contributed by atoms with van der Waals surface area (Å²) in [5, 5.41) is 9.57. The van der Waals surface area contributed by atoms with Gasteiger partial charge in [-0.1, -0.05) is 6.92 Å². The average molecular weight is 290 g/mol. The first kappa shape index (κ1) is 12.5. The topological polar surface area (TPSA) is 50.2 Å². The number of hydrogen-bond donors (Lipinski definition) is 1. The van der Waals surface area contributed by atoms with E-state index >= 15 is 0 Å². The molecular formula is C10H12BrNO2S. The van der Waals surface area contributed by atoms with E-state index in [1.54, 1.807) is 6.20 Å². The number of nitrogens with zero attached hydrogens (tertiary/aromatic N) is 1. The fourth-order valence-electron chi connectivity index (χ4n) is 1.13. The molecule has 0 saturated heterocycles. The number of aryl methyl sites for hydroxylation is 1. The molecule has 0 aromatic carbocycles. The van der Waals surface area contributed by atoms with Crippen LogP contribution >= 0.6 is 27.7 Å². The Morgan fingerprint density at radius 1 is 1.73 bits per heavy atom. The van der Waals surface area contributed by atoms with E-state index in [4.69, 9.17) is 5.11 Å². The summed E-state index contributed by atoms with van der Waals surface area (Å²) in [6.07, 6.45) is 1.88. The summed E-state index contributed by atoms with van der Waals surface area (Å²) in [6, 6.07) is 1.98. The van der Waals surface area contributed by atoms with Crippen molar-refractivity contribution in [3.05, 3.63) is 22.3 Å². The quantitative estimate of drug-likeness (QED) is 0.866. The molecule has 1 heterocycles. The van der Waals surface area contributed by atoms with E-state index in [1.165, 1.54) is 11.8 Å². The van der Waals surface area contributed by atoms with Crippen LogP contribution in [0, 0.1) is 6.92 Å². The number of carboxylic acid groups (broad SMARTS) is 1. The predicted molar refractivity (Wildman–Crippen MR) is 64.2 cm³/mol. The van der Waals surface area contributed by atoms with Gasteiger partial charge in [-0.3, -0.25) is 4.79 Å². The number of aliphatic carboxylic acids is 1. The van der Waals surface area contributed by atoms with Crippen molar-refractivity contribution in [2.45, 2.75) is 30.5 Å². The van der Waals surface area contributed by atoms with E-state index in [2.05, 4.69) is 20.9 Å². The van der Waals surface area contributed by atoms with Crippen molar-refractivity contribution in [2.24, 2.45) is 0 Å². The number of halogens is 1. The highest BCUT2D eigenvalue weighted by atomic mass is 79.9. The number of pyridine rings is 1. The van der Waals surface area contributed by atoms with Crippen LogP contribution in [0.5, 0.6) is 0 Å². The molecule has 3 nitrogen and oxygen atoms in total. The van der Waals surface area contributed by atoms with E-state index in [9.17, 15) is 4.79 Å². The van der Waals surface area contributed by atoms with Crippen LogP contribution in [0.15, 0.2) is 21.8 Å². The SMILES string of the molecule is Cc1cc(Br)cnc1SC(C)CC(=O)O. The summed E-state index contributed by atoms with van der Waals surface area (Å²) in [7, 11) is 0. The maximum atomic E-state index is 10.5. The van der Waals surface area contributed by atoms with Crippen molar-refractivity contribution < 1.29 is 9.90 Å². The van der Waals surface area contributed by atoms with Crippen molar-refractivity contribution in [1.29, 1.82) is 0 Å². The standard InChI is InChI=1S/C10H12BrNO2S/c1-6-3-8(11)5-12-10(6)15-7(2)4-9(13)14/h3,5,7H,4H2,1-2H3,(H,13,14). The van der Waals surface area contributed by atoms with Crippen LogP contribution in [0.3, 0.4) is 0 Å². The van der Waals surface area contributed by atoms with Crippen LogP contribution in [0.1, 0.15) is 18.9 Å². The number of aromatic nitrogens is 1. The van der Waals surface area contributed by atoms with Gasteiger partial charge in [0, 0.05) is 15.9 Å². The first-order valence-electron chi connectivity index (χ1n) is 4.49. The molecule has 0 radical (unpaired) electrons. The second-order valence-electron chi connectivity index (χ2n) is 3.30. The van der Waals surface area contributed by atoms with Gasteiger partial charge in [-0.15, -0.1) is 11.8 Å². The number of thioether (sulfide) groups is 1. The molecule has 0 saturated carbocycles. The lowest BCUT2D eigenvalue weighted by Crippen LogP contribution is -2.06. The lowest BCUT2D eigenvalue weighted by Gasteiger charge is -2.09. The minimum atomic E-state index is -0.773. The third-order valence-corrected chi connectivity index (χ3v) is 3.43. The Hall–Kier alpha value is -0.550. The van der Waals surface area contributed by atoms with E-state index in [0.717, 1.165) is 15.1 Å². The highest BCUT2D eigenvalue weighted by Crippen LogP contribution is 2.27. The Labute approximate surface area is 101 Å². The monoisotopic (exact) mass is 289 g/mol. The van der Waals surface area contributed by atoms with Crippen molar-refractivity contribution in [3.63, 3.8) is 0 Å². The smallest absolute Gasteiger partial charge is 0.304 e. The summed E-state index contributed by atoms with van der Waals surface area (Å²) in [5.41, 5.74) is 1.06. The van der Waals surface area contributed by atoms with E-state index in [0.29, 0.717) is 0 Å². The van der Waals surface area contributed by atoms with Gasteiger partial charge in [-0.25, -0.2) is 4.98 Å². The van der Waals surface area contributed by atoms with E-state index < -0.39 is 5.97 Å². The summed E-state index contributed by atoms with van der Waals surface area (Å²) < 4.78 is 0.940. The second kappa shape index (κ2) is 5.51. The largest absolute Gasteiger partial charge is 0.481 e. The minimum Gasteiger partial charge on any atom is -0.481 e. The second-order valence-corrected chi connectivity index (χ2v) is 5.64. The first-order valence-corrected chi connectivity index (χ1v) is 6.17. The summed E-state index contributed by atoms with van der Waals surface area (Å²) in [4.78, 5) is 14.7. The highest BCUT2D eigenvalue weighted by molar-refractivity contribution is 9.10. The molecule has 0 bridgehead atoms. The van der Waals surface area contributed by atoms with Gasteiger partial charge >= 0.3 is 5.97 Å². The predicted octanol–water partition coefficient (Wildman–Crippen LogP) is 3.11. The van der Waals surface area contributed by atoms with Crippen molar-refractivity contribution in [2.75, 3.05) is 0 Å². The van der Waals surface area contributed by atoms with E-state index in [1.807, 2.05) is 19.9 Å². The Kier molecular flexibility index (Phi) is 4.60. The number of carboxylic acids is 1. The molecule has 1 N–H and O–H groups in total. The molecule has 0 aliphatic rings. The molecule has 1 aromatic rings. The first-order chi connectivity index (χ1) is 6.99. The Bertz CT molecular complexity index is 370. The zero-order chi connectivity index (χ0) is 11.4. The fourth-order valence-corrected chi connectivity index (χ4v) is 2.54. The third-order valence-electron chi connectivity index (χ3n) is 1.77. The molecule has 0 amide bonds. The Morgan fingerprint density at radius 2 is 2.40 bits per heavy atom. The van der Waals surface area contributed by atoms with Crippen molar-refractivity contribution in [1.82, 2.24) is 4.98 Å². The number of hydrogen-bond acceptors (Lipinski definition) is 3. The normalized spacial score (nSPS) is 12.5. The molecule has 0 aliphatic heterocycles. The van der Waals surface area contributed by atoms with Gasteiger partial charge in [-0.05, 0) is 34.5 Å². The van der Waals surface area contributed by atoms with Gasteiger partial charge in [0.2, 0.25) is 0 Å². The van der Waals surface area contributed by atoms with Crippen LogP contribution in [-0.4, -0.2) is 21.3 Å². The number of carbonyl (C=O) groups is 1. The average Bonchev–Trinajstić information content (AvgIpc) is 2.08. The van der Waals surface area contributed by atoms with E-state index in [-0.39, 0.29) is 11.7 Å². The molecule has 0 fully saturated rings. The maximum absolute atomic E-state index is 10.5. The van der Waals surface area contributed by atoms with Crippen LogP contribution in [-0.2, 0) is 4.79 Å². The molecule has 1 atom stereocenters. The van der Waals surface area contributed by atoms with Crippen molar-refractivity contribution >= 4 is 33.7 Å². The zero-order valence-corrected chi connectivity index (χ0v) is 10.9. The molecule has 5 heteroatoms. The van der Waals surface area contributed by atoms with Crippen LogP contribution < -0.4 is 0 Å². The minimum absolute atomic E-state index is 0.0369. The van der Waals surface area contributed by atoms with Gasteiger partial charge < -0.3 is 5.11 Å². The highest BCUT2D eigenvalue weighted by Gasteiger charge is 2.11. The Morgan fingerprint density at radius 3 is 2.93 bits per heavy atom. The van der Waals surface area contributed by atoms with Gasteiger partial charge in [0.05, 0.1) is 11.4 Å². The molecule has 0 spiro atoms. The van der Waals surface area contributed by atoms with Gasteiger partial charge in [0.15, 0.2) is 0 Å². The lowest BCUT2D eigenvalue weighted by molar-refractivity contribution is -0.136. The fraction of sp³-hybridized carbons (Fsp3) is 0.400. The number of rotatable bonds is 4. The molecule has 1 aromatic heterocycles. The molecule has 1 unspecified atom stereocenters. The molecule has 1 rings (SSSR count). The van der Waals surface area contributed by atoms with Gasteiger partial charge in [0.1, 0.15) is 0 Å². The summed E-state index contributed by atoms with van der Waals surface area (Å²) in [5.74, 6) is -0.773. The van der Waals surface area contributed by atoms with Gasteiger partial charge in [-0.2, -0.15) is 0 Å². The molecule has 82 valence electrons. The molecular weight excluding hydrogens is 278 g/mol. The van der Waals surface area contributed by atoms with Gasteiger partial charge in [0.25, 0.3) is 0 Å². The lowest BCUT2D eigenvalue weighted by atomic mass is 10.3. The van der Waals surface area contributed by atoms with Crippen molar-refractivity contribution in [3.8, 4) is 0 Å².